The highest BCUT2D eigenvalue weighted by molar-refractivity contribution is 4.84. The first-order valence-electron chi connectivity index (χ1n) is 5.30. The SMILES string of the molecule is C[C@@H]1NCC[C@@H]1CC1CCNC1. The van der Waals surface area contributed by atoms with Crippen LogP contribution in [0.1, 0.15) is 26.2 Å². The fourth-order valence-electron chi connectivity index (χ4n) is 2.58. The summed E-state index contributed by atoms with van der Waals surface area (Å²) in [6.45, 7) is 6.09. The van der Waals surface area contributed by atoms with Crippen molar-refractivity contribution in [2.75, 3.05) is 19.6 Å². The topological polar surface area (TPSA) is 24.1 Å². The van der Waals surface area contributed by atoms with Crippen LogP contribution in [-0.2, 0) is 0 Å². The van der Waals surface area contributed by atoms with Crippen LogP contribution in [0.5, 0.6) is 0 Å². The molecule has 2 N–H and O–H groups in total. The van der Waals surface area contributed by atoms with Gasteiger partial charge in [0.05, 0.1) is 0 Å². The molecule has 0 aliphatic carbocycles. The van der Waals surface area contributed by atoms with E-state index in [0.29, 0.717) is 0 Å². The van der Waals surface area contributed by atoms with Crippen LogP contribution >= 0.6 is 0 Å². The van der Waals surface area contributed by atoms with Gasteiger partial charge in [-0.25, -0.2) is 0 Å². The van der Waals surface area contributed by atoms with Crippen molar-refractivity contribution in [2.24, 2.45) is 11.8 Å². The molecule has 0 bridgehead atoms. The van der Waals surface area contributed by atoms with Gasteiger partial charge >= 0.3 is 0 Å². The molecule has 2 aliphatic rings. The first kappa shape index (κ1) is 8.52. The van der Waals surface area contributed by atoms with Gasteiger partial charge in [0.1, 0.15) is 0 Å². The molecular formula is C10H20N2. The second-order valence-electron chi connectivity index (χ2n) is 4.39. The van der Waals surface area contributed by atoms with E-state index >= 15 is 0 Å². The minimum absolute atomic E-state index is 0.769. The third-order valence-electron chi connectivity index (χ3n) is 3.49. The average molecular weight is 168 g/mol. The monoisotopic (exact) mass is 168 g/mol. The van der Waals surface area contributed by atoms with Crippen molar-refractivity contribution in [2.45, 2.75) is 32.2 Å². The standard InChI is InChI=1S/C10H20N2/c1-8-10(3-5-12-8)6-9-2-4-11-7-9/h8-12H,2-7H2,1H3/t8-,9?,10+/m0/s1. The third-order valence-corrected chi connectivity index (χ3v) is 3.49. The van der Waals surface area contributed by atoms with E-state index in [1.807, 2.05) is 0 Å². The van der Waals surface area contributed by atoms with Crippen molar-refractivity contribution in [1.82, 2.24) is 10.6 Å². The normalized spacial score (nSPS) is 42.2. The summed E-state index contributed by atoms with van der Waals surface area (Å²) in [5, 5.41) is 6.96. The summed E-state index contributed by atoms with van der Waals surface area (Å²) in [4.78, 5) is 0. The molecule has 0 amide bonds. The van der Waals surface area contributed by atoms with E-state index in [4.69, 9.17) is 0 Å². The third kappa shape index (κ3) is 1.80. The minimum atomic E-state index is 0.769. The average Bonchev–Trinajstić information content (AvgIpc) is 2.65. The van der Waals surface area contributed by atoms with E-state index in [-0.39, 0.29) is 0 Å². The zero-order valence-corrected chi connectivity index (χ0v) is 7.97. The van der Waals surface area contributed by atoms with E-state index in [0.717, 1.165) is 17.9 Å². The van der Waals surface area contributed by atoms with E-state index < -0.39 is 0 Å². The molecule has 3 atom stereocenters. The van der Waals surface area contributed by atoms with Gasteiger partial charge < -0.3 is 10.6 Å². The number of nitrogens with one attached hydrogen (secondary N) is 2. The van der Waals surface area contributed by atoms with Crippen LogP contribution < -0.4 is 10.6 Å². The Labute approximate surface area is 75.1 Å². The van der Waals surface area contributed by atoms with Gasteiger partial charge in [0.25, 0.3) is 0 Å². The first-order valence-corrected chi connectivity index (χ1v) is 5.30. The summed E-state index contributed by atoms with van der Waals surface area (Å²) < 4.78 is 0. The molecule has 2 heteroatoms. The Bertz CT molecular complexity index is 141. The molecule has 0 radical (unpaired) electrons. The van der Waals surface area contributed by atoms with Crippen LogP contribution in [0.2, 0.25) is 0 Å². The second kappa shape index (κ2) is 3.75. The molecule has 2 saturated heterocycles. The minimum Gasteiger partial charge on any atom is -0.316 e. The summed E-state index contributed by atoms with van der Waals surface area (Å²) >= 11 is 0. The van der Waals surface area contributed by atoms with Gasteiger partial charge in [0.15, 0.2) is 0 Å². The first-order chi connectivity index (χ1) is 5.86. The quantitative estimate of drug-likeness (QED) is 0.642. The highest BCUT2D eigenvalue weighted by Gasteiger charge is 2.26. The Hall–Kier alpha value is -0.0800. The highest BCUT2D eigenvalue weighted by atomic mass is 14.9. The van der Waals surface area contributed by atoms with Gasteiger partial charge in [-0.3, -0.25) is 0 Å². The molecule has 2 fully saturated rings. The predicted molar refractivity (Wildman–Crippen MR) is 51.2 cm³/mol. The van der Waals surface area contributed by atoms with Crippen LogP contribution in [0.25, 0.3) is 0 Å². The Morgan fingerprint density at radius 1 is 1.25 bits per heavy atom. The molecule has 0 aromatic heterocycles. The lowest BCUT2D eigenvalue weighted by Gasteiger charge is -2.18. The zero-order chi connectivity index (χ0) is 8.39. The Balaban J connectivity index is 1.77. The smallest absolute Gasteiger partial charge is 0.00675 e. The van der Waals surface area contributed by atoms with Crippen molar-refractivity contribution >= 4 is 0 Å². The van der Waals surface area contributed by atoms with Crippen molar-refractivity contribution in [3.05, 3.63) is 0 Å². The van der Waals surface area contributed by atoms with Crippen molar-refractivity contribution < 1.29 is 0 Å². The number of hydrogen-bond acceptors (Lipinski definition) is 2. The Morgan fingerprint density at radius 2 is 2.17 bits per heavy atom. The summed E-state index contributed by atoms with van der Waals surface area (Å²) in [5.74, 6) is 1.92. The van der Waals surface area contributed by atoms with Crippen molar-refractivity contribution in [3.8, 4) is 0 Å². The molecule has 70 valence electrons. The molecular weight excluding hydrogens is 148 g/mol. The second-order valence-corrected chi connectivity index (χ2v) is 4.39. The summed E-state index contributed by atoms with van der Waals surface area (Å²) in [6.07, 6.45) is 4.25. The molecule has 2 aliphatic heterocycles. The number of rotatable bonds is 2. The molecule has 0 saturated carbocycles. The molecule has 2 heterocycles. The van der Waals surface area contributed by atoms with Crippen LogP contribution in [0.4, 0.5) is 0 Å². The maximum atomic E-state index is 3.52. The molecule has 0 aromatic rings. The lowest BCUT2D eigenvalue weighted by atomic mass is 9.89. The molecule has 0 aromatic carbocycles. The van der Waals surface area contributed by atoms with Crippen LogP contribution in [0.15, 0.2) is 0 Å². The van der Waals surface area contributed by atoms with Crippen LogP contribution in [0.3, 0.4) is 0 Å². The lowest BCUT2D eigenvalue weighted by Crippen LogP contribution is -2.24. The number of hydrogen-bond donors (Lipinski definition) is 2. The summed E-state index contributed by atoms with van der Waals surface area (Å²) in [5.41, 5.74) is 0. The zero-order valence-electron chi connectivity index (χ0n) is 7.97. The Morgan fingerprint density at radius 3 is 2.75 bits per heavy atom. The van der Waals surface area contributed by atoms with E-state index in [9.17, 15) is 0 Å². The fraction of sp³-hybridized carbons (Fsp3) is 1.00. The van der Waals surface area contributed by atoms with E-state index in [2.05, 4.69) is 17.6 Å². The molecule has 1 unspecified atom stereocenters. The van der Waals surface area contributed by atoms with Crippen LogP contribution in [-0.4, -0.2) is 25.7 Å². The van der Waals surface area contributed by atoms with Crippen molar-refractivity contribution in [3.63, 3.8) is 0 Å². The van der Waals surface area contributed by atoms with Gasteiger partial charge in [-0.1, -0.05) is 0 Å². The van der Waals surface area contributed by atoms with Gasteiger partial charge in [-0.2, -0.15) is 0 Å². The molecule has 0 spiro atoms. The highest BCUT2D eigenvalue weighted by Crippen LogP contribution is 2.26. The maximum absolute atomic E-state index is 3.52. The van der Waals surface area contributed by atoms with E-state index in [1.165, 1.54) is 38.9 Å². The van der Waals surface area contributed by atoms with Gasteiger partial charge in [0, 0.05) is 6.04 Å². The van der Waals surface area contributed by atoms with Gasteiger partial charge in [-0.05, 0) is 57.7 Å². The largest absolute Gasteiger partial charge is 0.316 e. The summed E-state index contributed by atoms with van der Waals surface area (Å²) in [7, 11) is 0. The lowest BCUT2D eigenvalue weighted by molar-refractivity contribution is 0.366. The Kier molecular flexibility index (Phi) is 2.66. The fourth-order valence-corrected chi connectivity index (χ4v) is 2.58. The maximum Gasteiger partial charge on any atom is 0.00675 e. The predicted octanol–water partition coefficient (Wildman–Crippen LogP) is 0.984. The van der Waals surface area contributed by atoms with Gasteiger partial charge in [-0.15, -0.1) is 0 Å². The summed E-state index contributed by atoms with van der Waals surface area (Å²) in [6, 6.07) is 0.769. The molecule has 2 nitrogen and oxygen atoms in total. The van der Waals surface area contributed by atoms with Crippen molar-refractivity contribution in [1.29, 1.82) is 0 Å². The van der Waals surface area contributed by atoms with E-state index in [1.54, 1.807) is 0 Å². The molecule has 2 rings (SSSR count). The van der Waals surface area contributed by atoms with Gasteiger partial charge in [0.2, 0.25) is 0 Å². The molecule has 12 heavy (non-hydrogen) atoms. The van der Waals surface area contributed by atoms with Crippen LogP contribution in [0, 0.1) is 11.8 Å².